The number of carbonyl (C=O) groups excluding carboxylic acids is 2. The van der Waals surface area contributed by atoms with E-state index in [2.05, 4.69) is 10.3 Å². The number of hydrogen-bond donors (Lipinski definition) is 1. The molecule has 3 amide bonds. The molecule has 0 bridgehead atoms. The largest absolute Gasteiger partial charge is 0.340 e. The molecule has 6 heteroatoms. The van der Waals surface area contributed by atoms with Crippen LogP contribution in [-0.4, -0.2) is 52.9 Å². The predicted octanol–water partition coefficient (Wildman–Crippen LogP) is 1.87. The number of hydrogen-bond acceptors (Lipinski definition) is 3. The molecule has 1 saturated carbocycles. The van der Waals surface area contributed by atoms with Crippen LogP contribution in [0.15, 0.2) is 24.4 Å². The van der Waals surface area contributed by atoms with Gasteiger partial charge in [0.05, 0.1) is 12.2 Å². The summed E-state index contributed by atoms with van der Waals surface area (Å²) in [4.78, 5) is 32.7. The van der Waals surface area contributed by atoms with E-state index in [9.17, 15) is 9.59 Å². The molecule has 1 saturated heterocycles. The zero-order valence-corrected chi connectivity index (χ0v) is 14.7. The fourth-order valence-electron chi connectivity index (χ4n) is 3.63. The van der Waals surface area contributed by atoms with Gasteiger partial charge in [-0.15, -0.1) is 0 Å². The molecular formula is C18H26N4O2. The van der Waals surface area contributed by atoms with Gasteiger partial charge in [-0.05, 0) is 38.8 Å². The molecule has 0 radical (unpaired) electrons. The highest BCUT2D eigenvalue weighted by atomic mass is 16.2. The zero-order valence-electron chi connectivity index (χ0n) is 14.7. The topological polar surface area (TPSA) is 65.5 Å². The third-order valence-electron chi connectivity index (χ3n) is 5.07. The number of carbonyl (C=O) groups is 2. The lowest BCUT2D eigenvalue weighted by atomic mass is 10.0. The second kappa shape index (κ2) is 6.42. The maximum absolute atomic E-state index is 12.7. The number of urea groups is 1. The zero-order chi connectivity index (χ0) is 17.3. The third kappa shape index (κ3) is 3.37. The molecule has 2 fully saturated rings. The molecule has 0 aromatic carbocycles. The molecule has 24 heavy (non-hydrogen) atoms. The number of nitrogens with one attached hydrogen (secondary N) is 1. The molecule has 0 unspecified atom stereocenters. The molecule has 2 heterocycles. The maximum Gasteiger partial charge on any atom is 0.317 e. The monoisotopic (exact) mass is 330 g/mol. The molecular weight excluding hydrogens is 304 g/mol. The highest BCUT2D eigenvalue weighted by molar-refractivity contribution is 5.83. The lowest BCUT2D eigenvalue weighted by Gasteiger charge is -2.20. The summed E-state index contributed by atoms with van der Waals surface area (Å²) in [6.07, 6.45) is 3.56. The Morgan fingerprint density at radius 2 is 2.25 bits per heavy atom. The van der Waals surface area contributed by atoms with Gasteiger partial charge < -0.3 is 15.1 Å². The third-order valence-corrected chi connectivity index (χ3v) is 5.07. The van der Waals surface area contributed by atoms with Crippen LogP contribution in [0, 0.1) is 11.3 Å². The molecule has 2 aliphatic rings. The van der Waals surface area contributed by atoms with Crippen LogP contribution in [0.3, 0.4) is 0 Å². The molecule has 1 spiro atoms. The summed E-state index contributed by atoms with van der Waals surface area (Å²) >= 11 is 0. The lowest BCUT2D eigenvalue weighted by molar-refractivity contribution is -0.132. The van der Waals surface area contributed by atoms with Gasteiger partial charge in [-0.2, -0.15) is 0 Å². The van der Waals surface area contributed by atoms with Crippen LogP contribution in [0.1, 0.15) is 32.4 Å². The minimum absolute atomic E-state index is 0.00375. The first-order chi connectivity index (χ1) is 11.4. The minimum Gasteiger partial charge on any atom is -0.340 e. The van der Waals surface area contributed by atoms with E-state index in [-0.39, 0.29) is 29.3 Å². The summed E-state index contributed by atoms with van der Waals surface area (Å²) < 4.78 is 0. The van der Waals surface area contributed by atoms with Crippen molar-refractivity contribution in [3.8, 4) is 0 Å². The Hall–Kier alpha value is -2.11. The summed E-state index contributed by atoms with van der Waals surface area (Å²) in [6, 6.07) is 5.86. The van der Waals surface area contributed by atoms with Crippen molar-refractivity contribution < 1.29 is 9.59 Å². The van der Waals surface area contributed by atoms with Gasteiger partial charge in [0.2, 0.25) is 5.91 Å². The average molecular weight is 330 g/mol. The van der Waals surface area contributed by atoms with E-state index >= 15 is 0 Å². The fourth-order valence-corrected chi connectivity index (χ4v) is 3.63. The Morgan fingerprint density at radius 3 is 2.92 bits per heavy atom. The molecule has 3 rings (SSSR count). The van der Waals surface area contributed by atoms with Crippen molar-refractivity contribution in [3.63, 3.8) is 0 Å². The summed E-state index contributed by atoms with van der Waals surface area (Å²) in [5.41, 5.74) is 0.899. The normalized spacial score (nSPS) is 25.2. The number of likely N-dealkylation sites (tertiary alicyclic amines) is 1. The first kappa shape index (κ1) is 16.7. The standard InChI is InChI=1S/C18H26N4O2/c1-13(2)20-17(24)22-9-7-18(12-22)10-15(18)16(23)21(3)11-14-6-4-5-8-19-14/h4-6,8,13,15H,7,9-12H2,1-3H3,(H,20,24)/t15-,18-/m1/s1. The second-order valence-electron chi connectivity index (χ2n) is 7.41. The fraction of sp³-hybridized carbons (Fsp3) is 0.611. The Labute approximate surface area is 143 Å². The summed E-state index contributed by atoms with van der Waals surface area (Å²) in [5, 5.41) is 2.93. The van der Waals surface area contributed by atoms with Crippen molar-refractivity contribution in [3.05, 3.63) is 30.1 Å². The van der Waals surface area contributed by atoms with Crippen LogP contribution < -0.4 is 5.32 Å². The Kier molecular flexibility index (Phi) is 4.47. The molecule has 6 nitrogen and oxygen atoms in total. The summed E-state index contributed by atoms with van der Waals surface area (Å²) in [7, 11) is 1.83. The molecule has 1 N–H and O–H groups in total. The van der Waals surface area contributed by atoms with Gasteiger partial charge in [-0.3, -0.25) is 9.78 Å². The molecule has 1 aliphatic heterocycles. The van der Waals surface area contributed by atoms with Crippen LogP contribution in [0.2, 0.25) is 0 Å². The highest BCUT2D eigenvalue weighted by Gasteiger charge is 2.61. The van der Waals surface area contributed by atoms with Crippen LogP contribution in [-0.2, 0) is 11.3 Å². The van der Waals surface area contributed by atoms with Crippen LogP contribution in [0.5, 0.6) is 0 Å². The minimum atomic E-state index is -0.0122. The Balaban J connectivity index is 1.55. The van der Waals surface area contributed by atoms with E-state index in [1.165, 1.54) is 0 Å². The van der Waals surface area contributed by atoms with E-state index in [1.807, 2.05) is 44.0 Å². The molecule has 130 valence electrons. The van der Waals surface area contributed by atoms with Gasteiger partial charge in [0.1, 0.15) is 0 Å². The van der Waals surface area contributed by atoms with Crippen LogP contribution in [0.25, 0.3) is 0 Å². The Bertz CT molecular complexity index is 619. The van der Waals surface area contributed by atoms with E-state index in [4.69, 9.17) is 0 Å². The van der Waals surface area contributed by atoms with Crippen molar-refractivity contribution in [1.82, 2.24) is 20.1 Å². The number of pyridine rings is 1. The molecule has 1 aromatic heterocycles. The Morgan fingerprint density at radius 1 is 1.46 bits per heavy atom. The van der Waals surface area contributed by atoms with Gasteiger partial charge >= 0.3 is 6.03 Å². The SMILES string of the molecule is CC(C)NC(=O)N1CC[C@@]2(C[C@@H]2C(=O)N(C)Cc2ccccn2)C1. The van der Waals surface area contributed by atoms with E-state index in [0.29, 0.717) is 13.1 Å². The van der Waals surface area contributed by atoms with Crippen molar-refractivity contribution in [2.24, 2.45) is 11.3 Å². The van der Waals surface area contributed by atoms with Gasteiger partial charge in [0.25, 0.3) is 0 Å². The van der Waals surface area contributed by atoms with Gasteiger partial charge in [0, 0.05) is 43.7 Å². The van der Waals surface area contributed by atoms with E-state index < -0.39 is 0 Å². The average Bonchev–Trinajstić information content (AvgIpc) is 3.06. The van der Waals surface area contributed by atoms with Crippen molar-refractivity contribution in [2.75, 3.05) is 20.1 Å². The van der Waals surface area contributed by atoms with Gasteiger partial charge in [-0.25, -0.2) is 4.79 Å². The van der Waals surface area contributed by atoms with Crippen molar-refractivity contribution in [1.29, 1.82) is 0 Å². The lowest BCUT2D eigenvalue weighted by Crippen LogP contribution is -2.42. The van der Waals surface area contributed by atoms with E-state index in [0.717, 1.165) is 25.1 Å². The van der Waals surface area contributed by atoms with E-state index in [1.54, 1.807) is 11.1 Å². The van der Waals surface area contributed by atoms with Crippen molar-refractivity contribution >= 4 is 11.9 Å². The number of nitrogens with zero attached hydrogens (tertiary/aromatic N) is 3. The number of rotatable bonds is 4. The number of aromatic nitrogens is 1. The van der Waals surface area contributed by atoms with Crippen LogP contribution in [0.4, 0.5) is 4.79 Å². The van der Waals surface area contributed by atoms with Crippen molar-refractivity contribution in [2.45, 2.75) is 39.3 Å². The molecule has 2 atom stereocenters. The predicted molar refractivity (Wildman–Crippen MR) is 91.1 cm³/mol. The highest BCUT2D eigenvalue weighted by Crippen LogP contribution is 2.59. The quantitative estimate of drug-likeness (QED) is 0.916. The van der Waals surface area contributed by atoms with Gasteiger partial charge in [0.15, 0.2) is 0 Å². The molecule has 1 aromatic rings. The van der Waals surface area contributed by atoms with Gasteiger partial charge in [-0.1, -0.05) is 6.07 Å². The maximum atomic E-state index is 12.7. The second-order valence-corrected chi connectivity index (χ2v) is 7.41. The first-order valence-electron chi connectivity index (χ1n) is 8.62. The summed E-state index contributed by atoms with van der Waals surface area (Å²) in [6.45, 7) is 5.88. The van der Waals surface area contributed by atoms with Crippen LogP contribution >= 0.6 is 0 Å². The smallest absolute Gasteiger partial charge is 0.317 e. The summed E-state index contributed by atoms with van der Waals surface area (Å²) in [5.74, 6) is 0.217. The molecule has 1 aliphatic carbocycles. The number of amides is 3. The first-order valence-corrected chi connectivity index (χ1v) is 8.62.